The summed E-state index contributed by atoms with van der Waals surface area (Å²) < 4.78 is 5.16. The number of benzene rings is 2. The van der Waals surface area contributed by atoms with E-state index >= 15 is 0 Å². The van der Waals surface area contributed by atoms with Gasteiger partial charge in [0.2, 0.25) is 0 Å². The second-order valence-corrected chi connectivity index (χ2v) is 3.90. The Labute approximate surface area is 102 Å². The lowest BCUT2D eigenvalue weighted by Crippen LogP contribution is -1.97. The maximum atomic E-state index is 5.16. The van der Waals surface area contributed by atoms with E-state index in [-0.39, 0.29) is 5.92 Å². The van der Waals surface area contributed by atoms with E-state index in [0.29, 0.717) is 0 Å². The number of ether oxygens (including phenoxy) is 1. The summed E-state index contributed by atoms with van der Waals surface area (Å²) in [5, 5.41) is 0. The first kappa shape index (κ1) is 11.5. The molecular formula is C16H16O. The zero-order valence-corrected chi connectivity index (χ0v) is 9.97. The van der Waals surface area contributed by atoms with Gasteiger partial charge in [-0.3, -0.25) is 0 Å². The molecule has 0 spiro atoms. The van der Waals surface area contributed by atoms with Crippen LogP contribution in [-0.4, -0.2) is 7.11 Å². The van der Waals surface area contributed by atoms with Crippen LogP contribution in [0.2, 0.25) is 0 Å². The number of hydrogen-bond acceptors (Lipinski definition) is 1. The van der Waals surface area contributed by atoms with Crippen LogP contribution < -0.4 is 4.74 Å². The van der Waals surface area contributed by atoms with Gasteiger partial charge in [-0.2, -0.15) is 0 Å². The van der Waals surface area contributed by atoms with Crippen molar-refractivity contribution < 1.29 is 4.74 Å². The fourth-order valence-corrected chi connectivity index (χ4v) is 1.94. The summed E-state index contributed by atoms with van der Waals surface area (Å²) in [6.45, 7) is 3.93. The minimum absolute atomic E-state index is 0.238. The van der Waals surface area contributed by atoms with Gasteiger partial charge in [-0.15, -0.1) is 6.58 Å². The first-order valence-corrected chi connectivity index (χ1v) is 5.66. The molecule has 1 nitrogen and oxygen atoms in total. The van der Waals surface area contributed by atoms with Crippen LogP contribution in [0.25, 0.3) is 0 Å². The van der Waals surface area contributed by atoms with E-state index in [2.05, 4.69) is 43.0 Å². The maximum absolute atomic E-state index is 5.16. The maximum Gasteiger partial charge on any atom is 0.118 e. The van der Waals surface area contributed by atoms with Gasteiger partial charge in [-0.1, -0.05) is 48.5 Å². The molecule has 0 aromatic heterocycles. The van der Waals surface area contributed by atoms with Gasteiger partial charge in [0.05, 0.1) is 7.11 Å². The fourth-order valence-electron chi connectivity index (χ4n) is 1.94. The highest BCUT2D eigenvalue weighted by Gasteiger charge is 2.09. The molecule has 2 aromatic rings. The van der Waals surface area contributed by atoms with Gasteiger partial charge in [-0.25, -0.2) is 0 Å². The molecule has 1 heteroatoms. The molecule has 0 aliphatic rings. The third kappa shape index (κ3) is 2.56. The summed E-state index contributed by atoms with van der Waals surface area (Å²) in [4.78, 5) is 0. The third-order valence-electron chi connectivity index (χ3n) is 2.87. The zero-order valence-electron chi connectivity index (χ0n) is 9.97. The minimum Gasteiger partial charge on any atom is -0.497 e. The summed E-state index contributed by atoms with van der Waals surface area (Å²) in [6, 6.07) is 18.5. The van der Waals surface area contributed by atoms with E-state index in [4.69, 9.17) is 4.74 Å². The van der Waals surface area contributed by atoms with Gasteiger partial charge < -0.3 is 4.74 Å². The molecule has 0 heterocycles. The minimum atomic E-state index is 0.238. The van der Waals surface area contributed by atoms with Crippen molar-refractivity contribution in [3.8, 4) is 5.75 Å². The molecule has 17 heavy (non-hydrogen) atoms. The number of rotatable bonds is 4. The highest BCUT2D eigenvalue weighted by Crippen LogP contribution is 2.26. The summed E-state index contributed by atoms with van der Waals surface area (Å²) in [7, 11) is 1.68. The second-order valence-electron chi connectivity index (χ2n) is 3.90. The fraction of sp³-hybridized carbons (Fsp3) is 0.125. The molecule has 0 saturated heterocycles. The van der Waals surface area contributed by atoms with Gasteiger partial charge in [0.25, 0.3) is 0 Å². The Balaban J connectivity index is 2.32. The van der Waals surface area contributed by atoms with Crippen molar-refractivity contribution in [1.29, 1.82) is 0 Å². The van der Waals surface area contributed by atoms with Crippen molar-refractivity contribution in [2.45, 2.75) is 5.92 Å². The smallest absolute Gasteiger partial charge is 0.118 e. The normalized spacial score (nSPS) is 11.8. The van der Waals surface area contributed by atoms with Crippen LogP contribution in [0.15, 0.2) is 67.3 Å². The van der Waals surface area contributed by atoms with Crippen LogP contribution in [-0.2, 0) is 0 Å². The highest BCUT2D eigenvalue weighted by atomic mass is 16.5. The lowest BCUT2D eigenvalue weighted by molar-refractivity contribution is 0.414. The first-order valence-electron chi connectivity index (χ1n) is 5.66. The molecule has 0 amide bonds. The highest BCUT2D eigenvalue weighted by molar-refractivity contribution is 5.38. The van der Waals surface area contributed by atoms with Crippen molar-refractivity contribution in [2.75, 3.05) is 7.11 Å². The molecule has 0 saturated carbocycles. The van der Waals surface area contributed by atoms with E-state index in [1.54, 1.807) is 7.11 Å². The van der Waals surface area contributed by atoms with Crippen LogP contribution >= 0.6 is 0 Å². The molecule has 2 aromatic carbocycles. The topological polar surface area (TPSA) is 9.23 Å². The van der Waals surface area contributed by atoms with Crippen molar-refractivity contribution in [1.82, 2.24) is 0 Å². The molecule has 0 aliphatic heterocycles. The molecule has 1 unspecified atom stereocenters. The molecule has 0 bridgehead atoms. The van der Waals surface area contributed by atoms with E-state index in [9.17, 15) is 0 Å². The summed E-state index contributed by atoms with van der Waals surface area (Å²) in [5.74, 6) is 1.12. The number of allylic oxidation sites excluding steroid dienone is 1. The third-order valence-corrected chi connectivity index (χ3v) is 2.87. The van der Waals surface area contributed by atoms with Gasteiger partial charge in [0.1, 0.15) is 5.75 Å². The Kier molecular flexibility index (Phi) is 3.61. The quantitative estimate of drug-likeness (QED) is 0.713. The molecule has 0 N–H and O–H groups in total. The largest absolute Gasteiger partial charge is 0.497 e. The van der Waals surface area contributed by atoms with E-state index in [1.807, 2.05) is 24.3 Å². The predicted octanol–water partition coefficient (Wildman–Crippen LogP) is 4.01. The van der Waals surface area contributed by atoms with Crippen LogP contribution in [0.4, 0.5) is 0 Å². The van der Waals surface area contributed by atoms with Crippen LogP contribution in [0.3, 0.4) is 0 Å². The molecule has 0 fully saturated rings. The Bertz CT molecular complexity index is 471. The number of hydrogen-bond donors (Lipinski definition) is 0. The average molecular weight is 224 g/mol. The van der Waals surface area contributed by atoms with Crippen molar-refractivity contribution >= 4 is 0 Å². The standard InChI is InChI=1S/C16H16O/c1-3-16(13-7-5-4-6-8-13)14-9-11-15(17-2)12-10-14/h3-12,16H,1H2,2H3. The molecule has 2 rings (SSSR count). The second kappa shape index (κ2) is 5.35. The van der Waals surface area contributed by atoms with Crippen LogP contribution in [0.5, 0.6) is 5.75 Å². The van der Waals surface area contributed by atoms with Gasteiger partial charge in [0.15, 0.2) is 0 Å². The molecule has 0 aliphatic carbocycles. The first-order chi connectivity index (χ1) is 8.35. The molecular weight excluding hydrogens is 208 g/mol. The van der Waals surface area contributed by atoms with Crippen LogP contribution in [0, 0.1) is 0 Å². The van der Waals surface area contributed by atoms with Gasteiger partial charge in [-0.05, 0) is 23.3 Å². The van der Waals surface area contributed by atoms with E-state index in [0.717, 1.165) is 5.75 Å². The molecule has 86 valence electrons. The summed E-state index contributed by atoms with van der Waals surface area (Å²) in [6.07, 6.45) is 1.97. The van der Waals surface area contributed by atoms with Crippen LogP contribution in [0.1, 0.15) is 17.0 Å². The monoisotopic (exact) mass is 224 g/mol. The molecule has 0 radical (unpaired) electrons. The van der Waals surface area contributed by atoms with Gasteiger partial charge >= 0.3 is 0 Å². The van der Waals surface area contributed by atoms with Crippen molar-refractivity contribution in [3.05, 3.63) is 78.4 Å². The Morgan fingerprint density at radius 3 is 2.06 bits per heavy atom. The average Bonchev–Trinajstić information content (AvgIpc) is 2.42. The Morgan fingerprint density at radius 1 is 0.941 bits per heavy atom. The summed E-state index contributed by atoms with van der Waals surface area (Å²) >= 11 is 0. The van der Waals surface area contributed by atoms with E-state index < -0.39 is 0 Å². The summed E-state index contributed by atoms with van der Waals surface area (Å²) in [5.41, 5.74) is 2.49. The van der Waals surface area contributed by atoms with E-state index in [1.165, 1.54) is 11.1 Å². The van der Waals surface area contributed by atoms with Crippen molar-refractivity contribution in [2.24, 2.45) is 0 Å². The zero-order chi connectivity index (χ0) is 12.1. The number of methoxy groups -OCH3 is 1. The SMILES string of the molecule is C=CC(c1ccccc1)c1ccc(OC)cc1. The lowest BCUT2D eigenvalue weighted by atomic mass is 9.91. The van der Waals surface area contributed by atoms with Gasteiger partial charge in [0, 0.05) is 5.92 Å². The lowest BCUT2D eigenvalue weighted by Gasteiger charge is -2.13. The Morgan fingerprint density at radius 2 is 1.53 bits per heavy atom. The van der Waals surface area contributed by atoms with Crippen molar-refractivity contribution in [3.63, 3.8) is 0 Å². The Hall–Kier alpha value is -2.02. The predicted molar refractivity (Wildman–Crippen MR) is 71.5 cm³/mol. The molecule has 1 atom stereocenters.